The van der Waals surface area contributed by atoms with E-state index in [1.165, 1.54) is 30.3 Å². The number of ether oxygens (including phenoxy) is 6. The van der Waals surface area contributed by atoms with Gasteiger partial charge < -0.3 is 33.5 Å². The van der Waals surface area contributed by atoms with Gasteiger partial charge in [-0.1, -0.05) is 31.9 Å². The van der Waals surface area contributed by atoms with E-state index in [1.54, 1.807) is 13.0 Å². The normalized spacial score (nSPS) is 15.6. The lowest BCUT2D eigenvalue weighted by molar-refractivity contribution is -0.168. The number of esters is 5. The number of benzene rings is 3. The van der Waals surface area contributed by atoms with Gasteiger partial charge in [-0.3, -0.25) is 19.2 Å². The standard InChI is InChI=1S/C38H36F2O12/c1-6-23-13-26(36(46)51-28-10-8-25(31(40)18-28)16-33(44)49-20-47-22(2)41)14-29-35(23)52-38(5,19-37(29,3)4)12-11-32(43)48-21-50-34(45)15-24-7-9-27(42)17-30(24)39/h1,7-10,13-14,17-18,42H,11-12,15-16,19-21H2,2-5H3. The van der Waals surface area contributed by atoms with Crippen LogP contribution in [0.25, 0.3) is 0 Å². The molecule has 274 valence electrons. The van der Waals surface area contributed by atoms with Crippen molar-refractivity contribution < 1.29 is 66.3 Å². The number of carbonyl (C=O) groups is 5. The predicted molar refractivity (Wildman–Crippen MR) is 177 cm³/mol. The molecule has 3 aromatic carbocycles. The maximum atomic E-state index is 14.7. The molecule has 1 aliphatic heterocycles. The van der Waals surface area contributed by atoms with E-state index in [2.05, 4.69) is 10.7 Å². The number of terminal acetylenes is 1. The van der Waals surface area contributed by atoms with Crippen molar-refractivity contribution in [2.45, 2.75) is 70.8 Å². The van der Waals surface area contributed by atoms with Crippen LogP contribution in [0.5, 0.6) is 17.2 Å². The summed E-state index contributed by atoms with van der Waals surface area (Å²) in [5.74, 6) is -2.95. The number of hydrogen-bond donors (Lipinski definition) is 1. The van der Waals surface area contributed by atoms with Gasteiger partial charge in [0, 0.05) is 31.0 Å². The van der Waals surface area contributed by atoms with Crippen molar-refractivity contribution in [3.05, 3.63) is 88.0 Å². The molecule has 0 saturated heterocycles. The number of rotatable bonds is 13. The highest BCUT2D eigenvalue weighted by atomic mass is 19.1. The molecule has 1 N–H and O–H groups in total. The summed E-state index contributed by atoms with van der Waals surface area (Å²) in [5, 5.41) is 9.30. The SMILES string of the molecule is C#Cc1cc(C(=O)Oc2ccc(CC(=O)OCOC(C)=O)c(F)c2)cc2c1OC(C)(CCC(=O)OCOC(=O)Cc1ccc(O)cc1F)CC2(C)C. The molecule has 14 heteroatoms. The van der Waals surface area contributed by atoms with Crippen LogP contribution in [0, 0.1) is 24.0 Å². The second-order valence-corrected chi connectivity index (χ2v) is 12.9. The van der Waals surface area contributed by atoms with Crippen LogP contribution in [0.3, 0.4) is 0 Å². The fourth-order valence-electron chi connectivity index (χ4n) is 5.69. The number of hydrogen-bond acceptors (Lipinski definition) is 12. The zero-order chi connectivity index (χ0) is 38.2. The summed E-state index contributed by atoms with van der Waals surface area (Å²) in [6.45, 7) is 5.51. The minimum absolute atomic E-state index is 0.00799. The third-order valence-corrected chi connectivity index (χ3v) is 8.09. The van der Waals surface area contributed by atoms with Gasteiger partial charge in [0.05, 0.1) is 24.0 Å². The number of fused-ring (bicyclic) bond motifs is 1. The predicted octanol–water partition coefficient (Wildman–Crippen LogP) is 5.36. The summed E-state index contributed by atoms with van der Waals surface area (Å²) < 4.78 is 59.5. The molecule has 0 aliphatic carbocycles. The first-order valence-electron chi connectivity index (χ1n) is 15.9. The lowest BCUT2D eigenvalue weighted by Gasteiger charge is -2.44. The topological polar surface area (TPSA) is 161 Å². The van der Waals surface area contributed by atoms with Gasteiger partial charge in [-0.05, 0) is 60.6 Å². The highest BCUT2D eigenvalue weighted by Gasteiger charge is 2.43. The minimum atomic E-state index is -0.900. The Morgan fingerprint density at radius 2 is 1.44 bits per heavy atom. The summed E-state index contributed by atoms with van der Waals surface area (Å²) in [4.78, 5) is 60.5. The molecular formula is C38H36F2O12. The Hall–Kier alpha value is -5.97. The molecule has 4 rings (SSSR count). The highest BCUT2D eigenvalue weighted by molar-refractivity contribution is 5.92. The van der Waals surface area contributed by atoms with Crippen LogP contribution < -0.4 is 9.47 Å². The third kappa shape index (κ3) is 10.3. The second kappa shape index (κ2) is 16.4. The van der Waals surface area contributed by atoms with E-state index in [1.807, 2.05) is 13.8 Å². The van der Waals surface area contributed by atoms with Gasteiger partial charge in [-0.15, -0.1) is 6.42 Å². The highest BCUT2D eigenvalue weighted by Crippen LogP contribution is 2.48. The van der Waals surface area contributed by atoms with E-state index in [0.29, 0.717) is 17.7 Å². The fraction of sp³-hybridized carbons (Fsp3) is 0.342. The van der Waals surface area contributed by atoms with Crippen molar-refractivity contribution in [1.29, 1.82) is 0 Å². The smallest absolute Gasteiger partial charge is 0.343 e. The molecule has 0 bridgehead atoms. The molecule has 52 heavy (non-hydrogen) atoms. The van der Waals surface area contributed by atoms with Crippen molar-refractivity contribution in [2.75, 3.05) is 13.6 Å². The van der Waals surface area contributed by atoms with E-state index in [-0.39, 0.29) is 46.6 Å². The molecule has 0 radical (unpaired) electrons. The van der Waals surface area contributed by atoms with Gasteiger partial charge in [0.1, 0.15) is 34.5 Å². The van der Waals surface area contributed by atoms with Crippen LogP contribution in [-0.2, 0) is 56.4 Å². The molecule has 0 aromatic heterocycles. The van der Waals surface area contributed by atoms with Gasteiger partial charge in [0.2, 0.25) is 13.6 Å². The number of phenols is 1. The van der Waals surface area contributed by atoms with E-state index in [9.17, 15) is 37.9 Å². The molecule has 12 nitrogen and oxygen atoms in total. The van der Waals surface area contributed by atoms with Gasteiger partial charge >= 0.3 is 29.8 Å². The summed E-state index contributed by atoms with van der Waals surface area (Å²) >= 11 is 0. The van der Waals surface area contributed by atoms with Gasteiger partial charge in [-0.25, -0.2) is 13.6 Å². The maximum absolute atomic E-state index is 14.7. The van der Waals surface area contributed by atoms with Gasteiger partial charge in [0.15, 0.2) is 0 Å². The summed E-state index contributed by atoms with van der Waals surface area (Å²) in [6.07, 6.45) is 5.43. The number of halogens is 2. The summed E-state index contributed by atoms with van der Waals surface area (Å²) in [5.41, 5.74) is -0.606. The van der Waals surface area contributed by atoms with E-state index >= 15 is 0 Å². The molecule has 0 amide bonds. The van der Waals surface area contributed by atoms with Gasteiger partial charge in [-0.2, -0.15) is 0 Å². The first-order chi connectivity index (χ1) is 24.5. The lowest BCUT2D eigenvalue weighted by Crippen LogP contribution is -2.44. The van der Waals surface area contributed by atoms with E-state index in [4.69, 9.17) is 30.1 Å². The van der Waals surface area contributed by atoms with Crippen LogP contribution in [0.1, 0.15) is 79.6 Å². The van der Waals surface area contributed by atoms with Crippen molar-refractivity contribution in [3.63, 3.8) is 0 Å². The largest absolute Gasteiger partial charge is 0.508 e. The fourth-order valence-corrected chi connectivity index (χ4v) is 5.69. The van der Waals surface area contributed by atoms with Crippen molar-refractivity contribution >= 4 is 29.8 Å². The Labute approximate surface area is 297 Å². The van der Waals surface area contributed by atoms with Gasteiger partial charge in [0.25, 0.3) is 0 Å². The quantitative estimate of drug-likeness (QED) is 0.104. The molecule has 1 heterocycles. The molecular weight excluding hydrogens is 686 g/mol. The Kier molecular flexibility index (Phi) is 12.2. The summed E-state index contributed by atoms with van der Waals surface area (Å²) in [6, 6.07) is 9.83. The average molecular weight is 723 g/mol. The van der Waals surface area contributed by atoms with Crippen LogP contribution >= 0.6 is 0 Å². The summed E-state index contributed by atoms with van der Waals surface area (Å²) in [7, 11) is 0. The molecule has 1 atom stereocenters. The molecule has 1 unspecified atom stereocenters. The van der Waals surface area contributed by atoms with Crippen LogP contribution in [0.15, 0.2) is 48.5 Å². The molecule has 0 fully saturated rings. The number of aromatic hydroxyl groups is 1. The van der Waals surface area contributed by atoms with Crippen LogP contribution in [0.4, 0.5) is 8.78 Å². The van der Waals surface area contributed by atoms with E-state index < -0.39 is 78.9 Å². The third-order valence-electron chi connectivity index (χ3n) is 8.09. The zero-order valence-electron chi connectivity index (χ0n) is 28.8. The Balaban J connectivity index is 1.35. The monoisotopic (exact) mass is 722 g/mol. The van der Waals surface area contributed by atoms with Crippen molar-refractivity contribution in [3.8, 4) is 29.6 Å². The zero-order valence-corrected chi connectivity index (χ0v) is 28.8. The van der Waals surface area contributed by atoms with Crippen molar-refractivity contribution in [1.82, 2.24) is 0 Å². The minimum Gasteiger partial charge on any atom is -0.508 e. The van der Waals surface area contributed by atoms with Crippen LogP contribution in [-0.4, -0.2) is 54.1 Å². The van der Waals surface area contributed by atoms with Crippen LogP contribution in [0.2, 0.25) is 0 Å². The molecule has 0 spiro atoms. The lowest BCUT2D eigenvalue weighted by atomic mass is 9.71. The molecule has 3 aromatic rings. The Bertz CT molecular complexity index is 1930. The molecule has 1 aliphatic rings. The molecule has 0 saturated carbocycles. The first kappa shape index (κ1) is 38.8. The first-order valence-corrected chi connectivity index (χ1v) is 15.9. The van der Waals surface area contributed by atoms with E-state index in [0.717, 1.165) is 19.1 Å². The number of carbonyl (C=O) groups excluding carboxylic acids is 5. The Morgan fingerprint density at radius 3 is 2.04 bits per heavy atom. The second-order valence-electron chi connectivity index (χ2n) is 12.9. The van der Waals surface area contributed by atoms with Crippen molar-refractivity contribution in [2.24, 2.45) is 0 Å². The average Bonchev–Trinajstić information content (AvgIpc) is 3.05. The maximum Gasteiger partial charge on any atom is 0.343 e. The number of phenolic OH excluding ortho intramolecular Hbond substituents is 1. The Morgan fingerprint density at radius 1 is 0.846 bits per heavy atom.